The Hall–Kier alpha value is -1.20. The highest BCUT2D eigenvalue weighted by molar-refractivity contribution is 7.99. The van der Waals surface area contributed by atoms with E-state index in [2.05, 4.69) is 5.32 Å². The molecule has 4 nitrogen and oxygen atoms in total. The number of ether oxygens (including phenoxy) is 1. The molecule has 1 atom stereocenters. The number of benzene rings is 1. The highest BCUT2D eigenvalue weighted by Crippen LogP contribution is 2.29. The van der Waals surface area contributed by atoms with Crippen LogP contribution < -0.4 is 5.32 Å². The van der Waals surface area contributed by atoms with E-state index in [1.54, 1.807) is 11.8 Å². The molecular formula is C15H21NO3S. The van der Waals surface area contributed by atoms with Crippen LogP contribution in [0.5, 0.6) is 0 Å². The minimum atomic E-state index is -0.871. The number of carboxylic acids is 1. The molecule has 1 aliphatic heterocycles. The third-order valence-corrected chi connectivity index (χ3v) is 4.32. The van der Waals surface area contributed by atoms with Crippen LogP contribution >= 0.6 is 11.8 Å². The van der Waals surface area contributed by atoms with Crippen molar-refractivity contribution in [2.24, 2.45) is 5.92 Å². The second-order valence-electron chi connectivity index (χ2n) is 4.88. The van der Waals surface area contributed by atoms with Gasteiger partial charge in [0.15, 0.2) is 0 Å². The second kappa shape index (κ2) is 7.55. The van der Waals surface area contributed by atoms with Crippen LogP contribution in [-0.2, 0) is 4.74 Å². The van der Waals surface area contributed by atoms with Crippen molar-refractivity contribution in [1.82, 2.24) is 0 Å². The number of nitrogens with one attached hydrogen (secondary N) is 1. The summed E-state index contributed by atoms with van der Waals surface area (Å²) in [4.78, 5) is 12.3. The van der Waals surface area contributed by atoms with Crippen LogP contribution in [0.25, 0.3) is 0 Å². The van der Waals surface area contributed by atoms with Gasteiger partial charge in [0.05, 0.1) is 12.2 Å². The lowest BCUT2D eigenvalue weighted by molar-refractivity contribution is 0.0595. The van der Waals surface area contributed by atoms with Gasteiger partial charge in [-0.25, -0.2) is 4.79 Å². The molecule has 0 bridgehead atoms. The van der Waals surface area contributed by atoms with Crippen LogP contribution in [0.4, 0.5) is 5.69 Å². The van der Waals surface area contributed by atoms with Gasteiger partial charge in [0.1, 0.15) is 0 Å². The lowest BCUT2D eigenvalue weighted by atomic mass is 10.0. The van der Waals surface area contributed by atoms with Gasteiger partial charge in [-0.15, -0.1) is 11.8 Å². The van der Waals surface area contributed by atoms with E-state index in [0.717, 1.165) is 43.2 Å². The number of carboxylic acid groups (broad SMARTS) is 1. The number of hydrogen-bond acceptors (Lipinski definition) is 4. The van der Waals surface area contributed by atoms with E-state index in [1.807, 2.05) is 25.1 Å². The number of rotatable bonds is 6. The Morgan fingerprint density at radius 2 is 2.40 bits per heavy atom. The summed E-state index contributed by atoms with van der Waals surface area (Å²) in [5.74, 6) is 0.456. The van der Waals surface area contributed by atoms with Crippen LogP contribution in [0.15, 0.2) is 23.1 Å². The molecule has 0 saturated carbocycles. The minimum absolute atomic E-state index is 0.385. The highest BCUT2D eigenvalue weighted by atomic mass is 32.2. The molecule has 0 spiro atoms. The molecule has 1 aromatic rings. The summed E-state index contributed by atoms with van der Waals surface area (Å²) in [6.07, 6.45) is 2.22. The first-order valence-corrected chi connectivity index (χ1v) is 8.01. The Kier molecular flexibility index (Phi) is 5.73. The molecule has 0 radical (unpaired) electrons. The molecule has 1 aliphatic rings. The van der Waals surface area contributed by atoms with Crippen molar-refractivity contribution in [3.8, 4) is 0 Å². The van der Waals surface area contributed by atoms with Crippen molar-refractivity contribution >= 4 is 23.4 Å². The number of carbonyl (C=O) groups is 1. The minimum Gasteiger partial charge on any atom is -0.478 e. The summed E-state index contributed by atoms with van der Waals surface area (Å²) in [5, 5.41) is 12.7. The van der Waals surface area contributed by atoms with Crippen molar-refractivity contribution in [3.05, 3.63) is 23.8 Å². The Balaban J connectivity index is 2.09. The van der Waals surface area contributed by atoms with E-state index >= 15 is 0 Å². The molecule has 1 fully saturated rings. The number of aromatic carboxylic acids is 1. The monoisotopic (exact) mass is 295 g/mol. The highest BCUT2D eigenvalue weighted by Gasteiger charge is 2.18. The van der Waals surface area contributed by atoms with E-state index < -0.39 is 5.97 Å². The molecule has 0 amide bonds. The fourth-order valence-corrected chi connectivity index (χ4v) is 3.22. The first kappa shape index (κ1) is 15.2. The van der Waals surface area contributed by atoms with Crippen molar-refractivity contribution in [1.29, 1.82) is 0 Å². The molecule has 2 rings (SSSR count). The van der Waals surface area contributed by atoms with Crippen molar-refractivity contribution < 1.29 is 14.6 Å². The molecule has 1 saturated heterocycles. The van der Waals surface area contributed by atoms with Gasteiger partial charge in [-0.3, -0.25) is 0 Å². The summed E-state index contributed by atoms with van der Waals surface area (Å²) < 4.78 is 5.45. The Morgan fingerprint density at radius 3 is 3.05 bits per heavy atom. The molecule has 1 unspecified atom stereocenters. The predicted molar refractivity (Wildman–Crippen MR) is 81.8 cm³/mol. The fourth-order valence-electron chi connectivity index (χ4n) is 2.40. The van der Waals surface area contributed by atoms with Crippen LogP contribution in [-0.4, -0.2) is 36.6 Å². The van der Waals surface area contributed by atoms with Crippen molar-refractivity contribution in [2.75, 3.05) is 30.8 Å². The molecule has 2 N–H and O–H groups in total. The maximum absolute atomic E-state index is 11.5. The topological polar surface area (TPSA) is 58.6 Å². The van der Waals surface area contributed by atoms with E-state index in [1.165, 1.54) is 0 Å². The normalized spacial score (nSPS) is 18.8. The molecule has 110 valence electrons. The Morgan fingerprint density at radius 1 is 1.55 bits per heavy atom. The predicted octanol–water partition coefficient (Wildman–Crippen LogP) is 3.34. The van der Waals surface area contributed by atoms with E-state index in [9.17, 15) is 9.90 Å². The largest absolute Gasteiger partial charge is 0.478 e. The third kappa shape index (κ3) is 3.90. The quantitative estimate of drug-likeness (QED) is 0.788. The summed E-state index contributed by atoms with van der Waals surface area (Å²) in [5.41, 5.74) is 1.10. The lowest BCUT2D eigenvalue weighted by Gasteiger charge is -2.23. The molecular weight excluding hydrogens is 274 g/mol. The fraction of sp³-hybridized carbons (Fsp3) is 0.533. The maximum atomic E-state index is 11.5. The van der Waals surface area contributed by atoms with Gasteiger partial charge < -0.3 is 15.2 Å². The third-order valence-electron chi connectivity index (χ3n) is 3.38. The first-order chi connectivity index (χ1) is 9.72. The summed E-state index contributed by atoms with van der Waals surface area (Å²) in [6.45, 7) is 4.40. The average Bonchev–Trinajstić information content (AvgIpc) is 2.46. The number of hydrogen-bond donors (Lipinski definition) is 2. The smallest absolute Gasteiger partial charge is 0.338 e. The summed E-state index contributed by atoms with van der Waals surface area (Å²) in [6, 6.07) is 5.61. The van der Waals surface area contributed by atoms with Gasteiger partial charge in [-0.1, -0.05) is 13.0 Å². The summed E-state index contributed by atoms with van der Waals surface area (Å²) in [7, 11) is 0. The van der Waals surface area contributed by atoms with E-state index in [4.69, 9.17) is 4.74 Å². The Bertz CT molecular complexity index is 458. The number of thioether (sulfide) groups is 1. The van der Waals surface area contributed by atoms with Crippen molar-refractivity contribution in [2.45, 2.75) is 24.7 Å². The van der Waals surface area contributed by atoms with Crippen LogP contribution in [0, 0.1) is 5.92 Å². The van der Waals surface area contributed by atoms with Gasteiger partial charge in [-0.05, 0) is 36.6 Å². The Labute approximate surface area is 123 Å². The average molecular weight is 295 g/mol. The molecule has 1 heterocycles. The van der Waals surface area contributed by atoms with Gasteiger partial charge in [0.2, 0.25) is 0 Å². The molecule has 1 aromatic carbocycles. The molecule has 20 heavy (non-hydrogen) atoms. The van der Waals surface area contributed by atoms with Crippen molar-refractivity contribution in [3.63, 3.8) is 0 Å². The first-order valence-electron chi connectivity index (χ1n) is 7.03. The van der Waals surface area contributed by atoms with Crippen LogP contribution in [0.2, 0.25) is 0 Å². The van der Waals surface area contributed by atoms with Crippen LogP contribution in [0.1, 0.15) is 30.1 Å². The molecule has 0 aliphatic carbocycles. The van der Waals surface area contributed by atoms with Gasteiger partial charge in [0, 0.05) is 23.7 Å². The maximum Gasteiger partial charge on any atom is 0.338 e. The molecule has 0 aromatic heterocycles. The molecule has 5 heteroatoms. The van der Waals surface area contributed by atoms with E-state index in [-0.39, 0.29) is 0 Å². The number of anilines is 1. The summed E-state index contributed by atoms with van der Waals surface area (Å²) >= 11 is 1.56. The SMILES string of the molecule is CCSc1cccc(NCC2CCCOC2)c1C(=O)O. The van der Waals surface area contributed by atoms with Gasteiger partial charge in [-0.2, -0.15) is 0 Å². The zero-order valence-corrected chi connectivity index (χ0v) is 12.5. The lowest BCUT2D eigenvalue weighted by Crippen LogP contribution is -2.25. The standard InChI is InChI=1S/C15H21NO3S/c1-2-20-13-7-3-6-12(14(13)15(17)18)16-9-11-5-4-8-19-10-11/h3,6-7,11,16H,2,4-5,8-10H2,1H3,(H,17,18). The van der Waals surface area contributed by atoms with Crippen LogP contribution in [0.3, 0.4) is 0 Å². The second-order valence-corrected chi connectivity index (χ2v) is 6.19. The zero-order chi connectivity index (χ0) is 14.4. The van der Waals surface area contributed by atoms with E-state index in [0.29, 0.717) is 17.2 Å². The zero-order valence-electron chi connectivity index (χ0n) is 11.7. The van der Waals surface area contributed by atoms with Gasteiger partial charge in [0.25, 0.3) is 0 Å². The van der Waals surface area contributed by atoms with Gasteiger partial charge >= 0.3 is 5.97 Å².